The average molecular weight is 217 g/mol. The summed E-state index contributed by atoms with van der Waals surface area (Å²) in [6.07, 6.45) is 0.0780. The van der Waals surface area contributed by atoms with Crippen molar-refractivity contribution in [1.82, 2.24) is 0 Å². The van der Waals surface area contributed by atoms with Crippen LogP contribution >= 0.6 is 8.03 Å². The van der Waals surface area contributed by atoms with Crippen LogP contribution in [0.5, 0.6) is 0 Å². The van der Waals surface area contributed by atoms with E-state index < -0.39 is 8.03 Å². The zero-order chi connectivity index (χ0) is 10.7. The number of hydrogen-bond acceptors (Lipinski definition) is 3. The van der Waals surface area contributed by atoms with Crippen molar-refractivity contribution in [2.75, 3.05) is 19.9 Å². The first kappa shape index (κ1) is 12.1. The maximum Gasteiger partial charge on any atom is 0.505 e. The minimum atomic E-state index is -2.14. The van der Waals surface area contributed by atoms with Crippen LogP contribution in [-0.4, -0.2) is 44.7 Å². The first-order valence-corrected chi connectivity index (χ1v) is 5.99. The molecule has 0 aliphatic carbocycles. The highest BCUT2D eigenvalue weighted by atomic mass is 31.1. The average Bonchev–Trinajstić information content (AvgIpc) is 2.33. The van der Waals surface area contributed by atoms with E-state index in [0.717, 1.165) is 0 Å². The summed E-state index contributed by atoms with van der Waals surface area (Å²) < 4.78 is 21.2. The second-order valence-electron chi connectivity index (χ2n) is 3.65. The Morgan fingerprint density at radius 3 is 2.79 bits per heavy atom. The van der Waals surface area contributed by atoms with Crippen LogP contribution in [0.3, 0.4) is 0 Å². The number of methoxy groups -OCH3 is 1. The molecule has 0 aromatic carbocycles. The molecule has 0 bridgehead atoms. The van der Waals surface area contributed by atoms with Gasteiger partial charge in [-0.25, -0.2) is 0 Å². The lowest BCUT2D eigenvalue weighted by atomic mass is 9.82. The lowest BCUT2D eigenvalue weighted by Gasteiger charge is -2.15. The van der Waals surface area contributed by atoms with Gasteiger partial charge in [0.1, 0.15) is 7.85 Å². The second-order valence-corrected chi connectivity index (χ2v) is 4.72. The monoisotopic (exact) mass is 217 g/mol. The van der Waals surface area contributed by atoms with Crippen molar-refractivity contribution in [1.29, 1.82) is 0 Å². The van der Waals surface area contributed by atoms with Gasteiger partial charge in [0, 0.05) is 19.0 Å². The third-order valence-electron chi connectivity index (χ3n) is 2.70. The summed E-state index contributed by atoms with van der Waals surface area (Å²) >= 11 is 0. The molecule has 1 aliphatic heterocycles. The van der Waals surface area contributed by atoms with Gasteiger partial charge in [0.05, 0.1) is 12.7 Å². The molecule has 6 heteroatoms. The standard InChI is InChI=1S/C8H14BO4P/c1-5-6(4-14(10)11)7(3-12-2)13-8(5)9/h5-8H,3-4H2,1-2H3/p+1. The Morgan fingerprint density at radius 1 is 1.64 bits per heavy atom. The summed E-state index contributed by atoms with van der Waals surface area (Å²) in [4.78, 5) is 8.87. The highest BCUT2D eigenvalue weighted by molar-refractivity contribution is 7.38. The molecule has 14 heavy (non-hydrogen) atoms. The summed E-state index contributed by atoms with van der Waals surface area (Å²) in [5, 5.41) is 0. The molecule has 4 nitrogen and oxygen atoms in total. The fourth-order valence-electron chi connectivity index (χ4n) is 1.80. The summed E-state index contributed by atoms with van der Waals surface area (Å²) in [5.41, 5.74) is 0. The third kappa shape index (κ3) is 2.77. The van der Waals surface area contributed by atoms with Crippen LogP contribution < -0.4 is 0 Å². The van der Waals surface area contributed by atoms with Crippen molar-refractivity contribution in [3.63, 3.8) is 0 Å². The van der Waals surface area contributed by atoms with Crippen LogP contribution in [0.4, 0.5) is 0 Å². The van der Waals surface area contributed by atoms with Gasteiger partial charge in [0.15, 0.2) is 6.16 Å². The van der Waals surface area contributed by atoms with Crippen molar-refractivity contribution in [3.8, 4) is 0 Å². The Morgan fingerprint density at radius 2 is 2.29 bits per heavy atom. The predicted molar refractivity (Wildman–Crippen MR) is 53.6 cm³/mol. The first-order valence-electron chi connectivity index (χ1n) is 4.59. The van der Waals surface area contributed by atoms with Crippen molar-refractivity contribution in [2.45, 2.75) is 19.0 Å². The highest BCUT2D eigenvalue weighted by Crippen LogP contribution is 2.36. The minimum absolute atomic E-state index is 0.0126. The van der Waals surface area contributed by atoms with Crippen molar-refractivity contribution >= 4 is 15.9 Å². The largest absolute Gasteiger partial charge is 0.505 e. The number of ether oxygens (including phenoxy) is 2. The van der Waals surface area contributed by atoms with Crippen LogP contribution in [0.2, 0.25) is 0 Å². The fraction of sp³-hybridized carbons (Fsp3) is 1.00. The van der Waals surface area contributed by atoms with Gasteiger partial charge >= 0.3 is 8.03 Å². The van der Waals surface area contributed by atoms with E-state index in [0.29, 0.717) is 6.61 Å². The zero-order valence-electron chi connectivity index (χ0n) is 8.42. The highest BCUT2D eigenvalue weighted by Gasteiger charge is 2.43. The Balaban J connectivity index is 2.60. The maximum absolute atomic E-state index is 10.8. The molecule has 1 rings (SSSR count). The van der Waals surface area contributed by atoms with Crippen molar-refractivity contribution < 1.29 is 18.9 Å². The molecular weight excluding hydrogens is 202 g/mol. The van der Waals surface area contributed by atoms with E-state index in [-0.39, 0.29) is 30.1 Å². The molecule has 0 aromatic heterocycles. The molecule has 1 fully saturated rings. The summed E-state index contributed by atoms with van der Waals surface area (Å²) in [6, 6.07) is -0.352. The normalized spacial score (nSPS) is 38.6. The van der Waals surface area contributed by atoms with Gasteiger partial charge in [-0.1, -0.05) is 6.92 Å². The fourth-order valence-corrected chi connectivity index (χ4v) is 2.73. The molecule has 1 N–H and O–H groups in total. The van der Waals surface area contributed by atoms with Gasteiger partial charge in [0.2, 0.25) is 0 Å². The first-order chi connectivity index (χ1) is 6.56. The predicted octanol–water partition coefficient (Wildman–Crippen LogP) is 0.513. The lowest BCUT2D eigenvalue weighted by molar-refractivity contribution is 0.0119. The van der Waals surface area contributed by atoms with Crippen LogP contribution in [0.25, 0.3) is 0 Å². The van der Waals surface area contributed by atoms with Crippen molar-refractivity contribution in [3.05, 3.63) is 0 Å². The summed E-state index contributed by atoms with van der Waals surface area (Å²) in [7, 11) is 5.15. The Bertz CT molecular complexity index is 214. The molecule has 1 heterocycles. The summed E-state index contributed by atoms with van der Waals surface area (Å²) in [5.74, 6) is 0.111. The van der Waals surface area contributed by atoms with E-state index in [1.54, 1.807) is 7.11 Å². The van der Waals surface area contributed by atoms with Crippen LogP contribution in [0.15, 0.2) is 0 Å². The third-order valence-corrected chi connectivity index (χ3v) is 3.43. The Hall–Kier alpha value is 0.0449. The van der Waals surface area contributed by atoms with E-state index in [1.165, 1.54) is 0 Å². The number of rotatable bonds is 4. The number of hydrogen-bond donors (Lipinski definition) is 1. The molecular formula is C8H15BO4P+. The van der Waals surface area contributed by atoms with E-state index >= 15 is 0 Å². The van der Waals surface area contributed by atoms with Gasteiger partial charge in [-0.3, -0.25) is 0 Å². The maximum atomic E-state index is 10.8. The smallest absolute Gasteiger partial charge is 0.382 e. The summed E-state index contributed by atoms with van der Waals surface area (Å²) in [6.45, 7) is 2.36. The van der Waals surface area contributed by atoms with Crippen LogP contribution in [0.1, 0.15) is 6.92 Å². The topological polar surface area (TPSA) is 55.8 Å². The van der Waals surface area contributed by atoms with Gasteiger partial charge in [-0.2, -0.15) is 4.89 Å². The van der Waals surface area contributed by atoms with E-state index in [9.17, 15) is 4.57 Å². The molecule has 0 spiro atoms. The van der Waals surface area contributed by atoms with Crippen LogP contribution in [-0.2, 0) is 14.0 Å². The Kier molecular flexibility index (Phi) is 4.52. The van der Waals surface area contributed by atoms with Gasteiger partial charge in [-0.05, 0) is 10.5 Å². The molecule has 1 aliphatic rings. The SMILES string of the molecule is [B]C1OC(COC)C(C[P+](=O)O)C1C. The van der Waals surface area contributed by atoms with Crippen LogP contribution in [0, 0.1) is 11.8 Å². The molecule has 2 radical (unpaired) electrons. The van der Waals surface area contributed by atoms with E-state index in [1.807, 2.05) is 6.92 Å². The molecule has 5 unspecified atom stereocenters. The molecule has 5 atom stereocenters. The zero-order valence-corrected chi connectivity index (χ0v) is 9.31. The second kappa shape index (κ2) is 5.22. The van der Waals surface area contributed by atoms with Gasteiger partial charge in [-0.15, -0.1) is 0 Å². The Labute approximate surface area is 86.3 Å². The lowest BCUT2D eigenvalue weighted by Crippen LogP contribution is -2.26. The van der Waals surface area contributed by atoms with Crippen molar-refractivity contribution in [2.24, 2.45) is 11.8 Å². The molecule has 78 valence electrons. The van der Waals surface area contributed by atoms with E-state index in [4.69, 9.17) is 22.2 Å². The minimum Gasteiger partial charge on any atom is -0.382 e. The quantitative estimate of drug-likeness (QED) is 0.550. The van der Waals surface area contributed by atoms with Gasteiger partial charge in [0.25, 0.3) is 0 Å². The van der Waals surface area contributed by atoms with Gasteiger partial charge < -0.3 is 9.47 Å². The molecule has 0 aromatic rings. The molecule has 0 saturated carbocycles. The molecule has 1 saturated heterocycles. The van der Waals surface area contributed by atoms with E-state index in [2.05, 4.69) is 0 Å². The molecule has 0 amide bonds.